The van der Waals surface area contributed by atoms with E-state index in [0.29, 0.717) is 6.42 Å². The number of amides is 1. The Balaban J connectivity index is 1.92. The fraction of sp³-hybridized carbons (Fsp3) is 0.235. The number of nitrogens with zero attached hydrogens (tertiary/aromatic N) is 1. The van der Waals surface area contributed by atoms with E-state index in [-0.39, 0.29) is 5.91 Å². The zero-order valence-electron chi connectivity index (χ0n) is 11.4. The average molecular weight is 264 g/mol. The highest BCUT2D eigenvalue weighted by Gasteiger charge is 2.52. The van der Waals surface area contributed by atoms with Crippen LogP contribution in [0.4, 0.5) is 11.4 Å². The lowest BCUT2D eigenvalue weighted by atomic mass is 9.97. The molecule has 2 heterocycles. The van der Waals surface area contributed by atoms with E-state index < -0.39 is 5.66 Å². The molecule has 100 valence electrons. The van der Waals surface area contributed by atoms with E-state index in [1.165, 1.54) is 5.56 Å². The van der Waals surface area contributed by atoms with Crippen molar-refractivity contribution in [2.45, 2.75) is 25.4 Å². The van der Waals surface area contributed by atoms with Gasteiger partial charge >= 0.3 is 0 Å². The first kappa shape index (κ1) is 11.5. The molecule has 4 rings (SSSR count). The van der Waals surface area contributed by atoms with E-state index in [9.17, 15) is 4.79 Å². The number of hydrogen-bond acceptors (Lipinski definition) is 2. The Labute approximate surface area is 118 Å². The Hall–Kier alpha value is -2.29. The van der Waals surface area contributed by atoms with Crippen LogP contribution in [0.1, 0.15) is 24.0 Å². The minimum Gasteiger partial charge on any atom is -0.357 e. The van der Waals surface area contributed by atoms with E-state index >= 15 is 0 Å². The Morgan fingerprint density at radius 2 is 1.95 bits per heavy atom. The summed E-state index contributed by atoms with van der Waals surface area (Å²) in [4.78, 5) is 14.3. The van der Waals surface area contributed by atoms with Crippen molar-refractivity contribution in [2.75, 3.05) is 10.2 Å². The second-order valence-electron chi connectivity index (χ2n) is 5.60. The molecule has 1 unspecified atom stereocenters. The normalized spacial score (nSPS) is 23.4. The Kier molecular flexibility index (Phi) is 2.22. The van der Waals surface area contributed by atoms with Gasteiger partial charge in [-0.3, -0.25) is 9.69 Å². The minimum absolute atomic E-state index is 0.200. The molecule has 2 aromatic carbocycles. The summed E-state index contributed by atoms with van der Waals surface area (Å²) >= 11 is 0. The van der Waals surface area contributed by atoms with Crippen molar-refractivity contribution in [3.05, 3.63) is 59.7 Å². The molecule has 1 fully saturated rings. The summed E-state index contributed by atoms with van der Waals surface area (Å²) in [6.07, 6.45) is 1.40. The standard InChI is InChI=1S/C17H16N2O/c1-12-7-8-14-15(11-12)19-16(20)9-10-17(19,18-14)13-5-3-2-4-6-13/h2-8,11,18H,9-10H2,1H3. The summed E-state index contributed by atoms with van der Waals surface area (Å²) in [6, 6.07) is 16.5. The van der Waals surface area contributed by atoms with Gasteiger partial charge in [-0.05, 0) is 30.2 Å². The molecular formula is C17H16N2O. The molecule has 2 aromatic rings. The van der Waals surface area contributed by atoms with Gasteiger partial charge in [-0.25, -0.2) is 0 Å². The van der Waals surface area contributed by atoms with Crippen LogP contribution in [0.3, 0.4) is 0 Å². The number of carbonyl (C=O) groups is 1. The molecular weight excluding hydrogens is 248 g/mol. The second-order valence-corrected chi connectivity index (χ2v) is 5.60. The van der Waals surface area contributed by atoms with Crippen LogP contribution in [0.15, 0.2) is 48.5 Å². The summed E-state index contributed by atoms with van der Waals surface area (Å²) in [7, 11) is 0. The maximum Gasteiger partial charge on any atom is 0.229 e. The monoisotopic (exact) mass is 264 g/mol. The lowest BCUT2D eigenvalue weighted by molar-refractivity contribution is -0.117. The van der Waals surface area contributed by atoms with Crippen molar-refractivity contribution in [1.29, 1.82) is 0 Å². The van der Waals surface area contributed by atoms with Crippen molar-refractivity contribution in [1.82, 2.24) is 0 Å². The van der Waals surface area contributed by atoms with Gasteiger partial charge in [0.15, 0.2) is 0 Å². The third kappa shape index (κ3) is 1.38. The second kappa shape index (κ2) is 3.85. The molecule has 0 radical (unpaired) electrons. The van der Waals surface area contributed by atoms with Crippen LogP contribution in [-0.4, -0.2) is 5.91 Å². The molecule has 3 heteroatoms. The molecule has 1 atom stereocenters. The van der Waals surface area contributed by atoms with Crippen LogP contribution in [0.5, 0.6) is 0 Å². The van der Waals surface area contributed by atoms with Gasteiger partial charge in [-0.2, -0.15) is 0 Å². The van der Waals surface area contributed by atoms with E-state index in [4.69, 9.17) is 0 Å². The summed E-state index contributed by atoms with van der Waals surface area (Å²) in [5.41, 5.74) is 3.99. The van der Waals surface area contributed by atoms with Crippen LogP contribution in [0.2, 0.25) is 0 Å². The molecule has 0 aliphatic carbocycles. The SMILES string of the molecule is Cc1ccc2c(c1)N1C(=O)CCC1(c1ccccc1)N2. The van der Waals surface area contributed by atoms with Crippen molar-refractivity contribution in [3.8, 4) is 0 Å². The highest BCUT2D eigenvalue weighted by Crippen LogP contribution is 2.51. The number of benzene rings is 2. The highest BCUT2D eigenvalue weighted by molar-refractivity contribution is 6.04. The van der Waals surface area contributed by atoms with Gasteiger partial charge in [-0.1, -0.05) is 36.4 Å². The molecule has 1 N–H and O–H groups in total. The van der Waals surface area contributed by atoms with Crippen molar-refractivity contribution in [3.63, 3.8) is 0 Å². The zero-order valence-corrected chi connectivity index (χ0v) is 11.4. The van der Waals surface area contributed by atoms with Crippen LogP contribution in [0.25, 0.3) is 0 Å². The van der Waals surface area contributed by atoms with E-state index in [0.717, 1.165) is 23.4 Å². The van der Waals surface area contributed by atoms with Crippen LogP contribution in [-0.2, 0) is 10.5 Å². The molecule has 20 heavy (non-hydrogen) atoms. The van der Waals surface area contributed by atoms with Gasteiger partial charge < -0.3 is 5.32 Å². The smallest absolute Gasteiger partial charge is 0.229 e. The first-order valence-corrected chi connectivity index (χ1v) is 6.98. The summed E-state index contributed by atoms with van der Waals surface area (Å²) < 4.78 is 0. The van der Waals surface area contributed by atoms with Crippen LogP contribution in [0, 0.1) is 6.92 Å². The van der Waals surface area contributed by atoms with E-state index in [1.54, 1.807) is 0 Å². The van der Waals surface area contributed by atoms with Gasteiger partial charge in [0.05, 0.1) is 11.4 Å². The number of anilines is 2. The Morgan fingerprint density at radius 3 is 2.75 bits per heavy atom. The molecule has 0 aromatic heterocycles. The van der Waals surface area contributed by atoms with Crippen molar-refractivity contribution in [2.24, 2.45) is 0 Å². The molecule has 2 aliphatic heterocycles. The molecule has 0 bridgehead atoms. The predicted octanol–water partition coefficient (Wildman–Crippen LogP) is 3.40. The number of nitrogens with one attached hydrogen (secondary N) is 1. The number of hydrogen-bond donors (Lipinski definition) is 1. The molecule has 0 spiro atoms. The molecule has 1 amide bonds. The fourth-order valence-corrected chi connectivity index (χ4v) is 3.40. The summed E-state index contributed by atoms with van der Waals surface area (Å²) in [6.45, 7) is 2.06. The Morgan fingerprint density at radius 1 is 1.15 bits per heavy atom. The number of fused-ring (bicyclic) bond motifs is 3. The van der Waals surface area contributed by atoms with Gasteiger partial charge in [0.1, 0.15) is 5.66 Å². The third-order valence-corrected chi connectivity index (χ3v) is 4.32. The van der Waals surface area contributed by atoms with E-state index in [1.807, 2.05) is 23.1 Å². The van der Waals surface area contributed by atoms with Gasteiger partial charge in [0.25, 0.3) is 0 Å². The van der Waals surface area contributed by atoms with Crippen LogP contribution < -0.4 is 10.2 Å². The van der Waals surface area contributed by atoms with Gasteiger partial charge in [-0.15, -0.1) is 0 Å². The quantitative estimate of drug-likeness (QED) is 0.856. The average Bonchev–Trinajstić information content (AvgIpc) is 2.97. The topological polar surface area (TPSA) is 32.3 Å². The molecule has 2 aliphatic rings. The summed E-state index contributed by atoms with van der Waals surface area (Å²) in [5.74, 6) is 0.200. The number of carbonyl (C=O) groups excluding carboxylic acids is 1. The summed E-state index contributed by atoms with van der Waals surface area (Å²) in [5, 5.41) is 3.59. The maximum absolute atomic E-state index is 12.4. The highest BCUT2D eigenvalue weighted by atomic mass is 16.2. The third-order valence-electron chi connectivity index (χ3n) is 4.32. The van der Waals surface area contributed by atoms with E-state index in [2.05, 4.69) is 42.6 Å². The minimum atomic E-state index is -0.394. The largest absolute Gasteiger partial charge is 0.357 e. The molecule has 1 saturated heterocycles. The predicted molar refractivity (Wildman–Crippen MR) is 79.6 cm³/mol. The van der Waals surface area contributed by atoms with Gasteiger partial charge in [0.2, 0.25) is 5.91 Å². The first-order chi connectivity index (χ1) is 9.71. The van der Waals surface area contributed by atoms with Crippen molar-refractivity contribution >= 4 is 17.3 Å². The molecule has 3 nitrogen and oxygen atoms in total. The first-order valence-electron chi connectivity index (χ1n) is 6.98. The fourth-order valence-electron chi connectivity index (χ4n) is 3.40. The van der Waals surface area contributed by atoms with Crippen LogP contribution >= 0.6 is 0 Å². The maximum atomic E-state index is 12.4. The number of aryl methyl sites for hydroxylation is 1. The number of rotatable bonds is 1. The zero-order chi connectivity index (χ0) is 13.7. The lowest BCUT2D eigenvalue weighted by Crippen LogP contribution is -2.44. The van der Waals surface area contributed by atoms with Gasteiger partial charge in [0, 0.05) is 12.8 Å². The van der Waals surface area contributed by atoms with Crippen molar-refractivity contribution < 1.29 is 4.79 Å². The lowest BCUT2D eigenvalue weighted by Gasteiger charge is -2.33. The molecule has 0 saturated carbocycles. The Bertz CT molecular complexity index is 695.